The highest BCUT2D eigenvalue weighted by molar-refractivity contribution is 6.30. The van der Waals surface area contributed by atoms with Crippen molar-refractivity contribution in [3.05, 3.63) is 52.8 Å². The number of aliphatic imine (C=N–C) groups is 1. The van der Waals surface area contributed by atoms with Gasteiger partial charge in [-0.25, -0.2) is 9.38 Å². The molecular weight excluding hydrogens is 453 g/mol. The lowest BCUT2D eigenvalue weighted by Gasteiger charge is -2.43. The van der Waals surface area contributed by atoms with Crippen LogP contribution in [0.5, 0.6) is 5.75 Å². The molecule has 2 aliphatic carbocycles. The summed E-state index contributed by atoms with van der Waals surface area (Å²) >= 11 is 6.11. The van der Waals surface area contributed by atoms with Gasteiger partial charge in [0.2, 0.25) is 0 Å². The molecule has 0 amide bonds. The van der Waals surface area contributed by atoms with Gasteiger partial charge in [-0.15, -0.1) is 0 Å². The molecule has 2 saturated carbocycles. The van der Waals surface area contributed by atoms with Crippen molar-refractivity contribution in [1.82, 2.24) is 4.90 Å². The Bertz CT molecular complexity index is 1050. The van der Waals surface area contributed by atoms with Crippen molar-refractivity contribution < 1.29 is 14.2 Å². The van der Waals surface area contributed by atoms with Crippen molar-refractivity contribution in [3.63, 3.8) is 0 Å². The first-order valence-electron chi connectivity index (χ1n) is 12.3. The molecule has 5 rings (SSSR count). The molecule has 4 atom stereocenters. The summed E-state index contributed by atoms with van der Waals surface area (Å²) in [5.41, 5.74) is 8.76. The number of aliphatic hydroxyl groups excluding tert-OH is 1. The number of guanidine groups is 1. The molecule has 2 aromatic rings. The summed E-state index contributed by atoms with van der Waals surface area (Å²) in [5, 5.41) is 9.90. The molecule has 3 aliphatic rings. The fourth-order valence-electron chi connectivity index (χ4n) is 5.53. The molecule has 182 valence electrons. The van der Waals surface area contributed by atoms with Gasteiger partial charge in [0.1, 0.15) is 24.4 Å². The van der Waals surface area contributed by atoms with Crippen molar-refractivity contribution in [2.45, 2.75) is 57.1 Å². The third-order valence-corrected chi connectivity index (χ3v) is 7.93. The second kappa shape index (κ2) is 9.74. The van der Waals surface area contributed by atoms with E-state index in [4.69, 9.17) is 27.1 Å². The molecule has 0 radical (unpaired) electrons. The minimum absolute atomic E-state index is 0.0981. The zero-order chi connectivity index (χ0) is 23.8. The van der Waals surface area contributed by atoms with Crippen LogP contribution < -0.4 is 10.5 Å². The maximum atomic E-state index is 14.0. The van der Waals surface area contributed by atoms with Gasteiger partial charge in [-0.2, -0.15) is 0 Å². The summed E-state index contributed by atoms with van der Waals surface area (Å²) in [5.74, 6) is 2.59. The Morgan fingerprint density at radius 1 is 1.12 bits per heavy atom. The molecule has 0 bridgehead atoms. The summed E-state index contributed by atoms with van der Waals surface area (Å²) in [6, 6.07) is 10.3. The van der Waals surface area contributed by atoms with Gasteiger partial charge >= 0.3 is 0 Å². The minimum Gasteiger partial charge on any atom is -0.490 e. The van der Waals surface area contributed by atoms with Crippen LogP contribution >= 0.6 is 11.6 Å². The maximum Gasteiger partial charge on any atom is 0.193 e. The van der Waals surface area contributed by atoms with Crippen LogP contribution in [0.2, 0.25) is 5.02 Å². The Hall–Kier alpha value is -2.31. The van der Waals surface area contributed by atoms with Crippen molar-refractivity contribution in [2.24, 2.45) is 28.5 Å². The van der Waals surface area contributed by atoms with E-state index < -0.39 is 0 Å². The second-order valence-corrected chi connectivity index (χ2v) is 10.6. The Kier molecular flexibility index (Phi) is 6.72. The van der Waals surface area contributed by atoms with Crippen molar-refractivity contribution in [3.8, 4) is 16.9 Å². The molecular formula is C27H33ClFN3O2. The zero-order valence-corrected chi connectivity index (χ0v) is 20.3. The number of fused-ring (bicyclic) bond motifs is 2. The average Bonchev–Trinajstić information content (AvgIpc) is 3.65. The first-order valence-corrected chi connectivity index (χ1v) is 12.7. The van der Waals surface area contributed by atoms with Crippen molar-refractivity contribution in [1.29, 1.82) is 0 Å². The van der Waals surface area contributed by atoms with E-state index in [-0.39, 0.29) is 30.6 Å². The fourth-order valence-corrected chi connectivity index (χ4v) is 5.75. The lowest BCUT2D eigenvalue weighted by molar-refractivity contribution is 0.0314. The fraction of sp³-hybridized carbons (Fsp3) is 0.519. The van der Waals surface area contributed by atoms with Crippen molar-refractivity contribution in [2.75, 3.05) is 13.8 Å². The van der Waals surface area contributed by atoms with Gasteiger partial charge in [-0.05, 0) is 72.6 Å². The highest BCUT2D eigenvalue weighted by atomic mass is 35.5. The molecule has 2 fully saturated rings. The first kappa shape index (κ1) is 23.4. The van der Waals surface area contributed by atoms with Crippen LogP contribution in [0.1, 0.15) is 56.6 Å². The second-order valence-electron chi connectivity index (χ2n) is 10.2. The molecule has 34 heavy (non-hydrogen) atoms. The van der Waals surface area contributed by atoms with E-state index in [2.05, 4.69) is 0 Å². The smallest absolute Gasteiger partial charge is 0.193 e. The van der Waals surface area contributed by atoms with E-state index in [1.165, 1.54) is 49.1 Å². The zero-order valence-electron chi connectivity index (χ0n) is 19.6. The highest BCUT2D eigenvalue weighted by Gasteiger charge is 2.42. The summed E-state index contributed by atoms with van der Waals surface area (Å²) in [6.07, 6.45) is 8.76. The average molecular weight is 486 g/mol. The number of ether oxygens (including phenoxy) is 1. The largest absolute Gasteiger partial charge is 0.490 e. The molecule has 5 nitrogen and oxygen atoms in total. The Morgan fingerprint density at radius 2 is 1.88 bits per heavy atom. The molecule has 0 spiro atoms. The maximum absolute atomic E-state index is 14.0. The van der Waals surface area contributed by atoms with Gasteiger partial charge in [-0.1, -0.05) is 43.4 Å². The number of nitrogens with two attached hydrogens (primary N) is 1. The van der Waals surface area contributed by atoms with E-state index in [1.807, 2.05) is 18.2 Å². The van der Waals surface area contributed by atoms with Crippen LogP contribution in [0.15, 0.2) is 41.4 Å². The van der Waals surface area contributed by atoms with E-state index in [0.717, 1.165) is 35.6 Å². The summed E-state index contributed by atoms with van der Waals surface area (Å²) in [4.78, 5) is 6.42. The predicted octanol–water partition coefficient (Wildman–Crippen LogP) is 5.75. The van der Waals surface area contributed by atoms with Crippen LogP contribution in [0.4, 0.5) is 4.39 Å². The molecule has 7 heteroatoms. The van der Waals surface area contributed by atoms with Crippen LogP contribution in [-0.2, 0) is 0 Å². The predicted molar refractivity (Wildman–Crippen MR) is 133 cm³/mol. The molecule has 4 unspecified atom stereocenters. The molecule has 1 heterocycles. The van der Waals surface area contributed by atoms with E-state index in [1.54, 1.807) is 13.1 Å². The number of aliphatic hydroxyl groups is 1. The number of nitrogens with zero attached hydrogens (tertiary/aromatic N) is 2. The Labute approximate surface area is 205 Å². The number of hydrogen-bond acceptors (Lipinski definition) is 3. The van der Waals surface area contributed by atoms with Gasteiger partial charge < -0.3 is 20.5 Å². The van der Waals surface area contributed by atoms with Crippen LogP contribution in [0.3, 0.4) is 0 Å². The first-order chi connectivity index (χ1) is 16.4. The van der Waals surface area contributed by atoms with E-state index >= 15 is 0 Å². The molecule has 0 aromatic heterocycles. The highest BCUT2D eigenvalue weighted by Crippen LogP contribution is 2.50. The monoisotopic (exact) mass is 485 g/mol. The van der Waals surface area contributed by atoms with Gasteiger partial charge in [0.25, 0.3) is 0 Å². The van der Waals surface area contributed by atoms with Gasteiger partial charge in [0.05, 0.1) is 6.04 Å². The Morgan fingerprint density at radius 3 is 2.62 bits per heavy atom. The number of benzene rings is 2. The topological polar surface area (TPSA) is 71.1 Å². The molecule has 2 aromatic carbocycles. The lowest BCUT2D eigenvalue weighted by Crippen LogP contribution is -2.42. The number of halogens is 2. The SMILES string of the molecule is CN(CO)C(N)=NC1c2cc(-c3cc(F)cc(Cl)c3)ccc2OC2CC(CCC3CC3)CCC21. The summed E-state index contributed by atoms with van der Waals surface area (Å²) in [7, 11) is 1.72. The third kappa shape index (κ3) is 5.03. The minimum atomic E-state index is -0.371. The number of rotatable bonds is 6. The summed E-state index contributed by atoms with van der Waals surface area (Å²) in [6.45, 7) is -0.204. The van der Waals surface area contributed by atoms with Gasteiger partial charge in [-0.3, -0.25) is 0 Å². The van der Waals surface area contributed by atoms with Crippen LogP contribution in [0, 0.1) is 23.6 Å². The standard InChI is InChI=1S/C27H33ClFN3O2/c1-32(15-33)27(30)31-26-22-8-6-17(5-4-16-2-3-16)10-25(22)34-24-9-7-18(13-23(24)26)19-11-20(28)14-21(29)12-19/h7,9,11-14,16-17,22,25-26,33H,2-6,8,10,15H2,1H3,(H2,30,31). The van der Waals surface area contributed by atoms with Crippen LogP contribution in [0.25, 0.3) is 11.1 Å². The Balaban J connectivity index is 1.48. The van der Waals surface area contributed by atoms with Gasteiger partial charge in [0.15, 0.2) is 5.96 Å². The quantitative estimate of drug-likeness (QED) is 0.310. The lowest BCUT2D eigenvalue weighted by atomic mass is 9.72. The molecule has 1 aliphatic heterocycles. The van der Waals surface area contributed by atoms with Crippen LogP contribution in [-0.4, -0.2) is 35.8 Å². The van der Waals surface area contributed by atoms with E-state index in [9.17, 15) is 9.50 Å². The summed E-state index contributed by atoms with van der Waals surface area (Å²) < 4.78 is 20.6. The number of hydrogen-bond donors (Lipinski definition) is 2. The third-order valence-electron chi connectivity index (χ3n) is 7.71. The molecule has 3 N–H and O–H groups in total. The normalized spacial score (nSPS) is 26.4. The van der Waals surface area contributed by atoms with Crippen molar-refractivity contribution >= 4 is 17.6 Å². The van der Waals surface area contributed by atoms with E-state index in [0.29, 0.717) is 22.5 Å². The molecule has 0 saturated heterocycles. The van der Waals surface area contributed by atoms with Gasteiger partial charge in [0, 0.05) is 23.6 Å².